The van der Waals surface area contributed by atoms with Crippen LogP contribution in [-0.2, 0) is 11.2 Å². The van der Waals surface area contributed by atoms with Gasteiger partial charge in [0.1, 0.15) is 0 Å². The number of aryl methyl sites for hydroxylation is 1. The Hall–Kier alpha value is -0.540. The van der Waals surface area contributed by atoms with E-state index in [1.807, 2.05) is 0 Å². The van der Waals surface area contributed by atoms with Crippen LogP contribution < -0.4 is 5.32 Å². The van der Waals surface area contributed by atoms with E-state index in [4.69, 9.17) is 11.6 Å². The summed E-state index contributed by atoms with van der Waals surface area (Å²) in [5.74, 6) is 0.795. The molecule has 4 heteroatoms. The second-order valence-corrected chi connectivity index (χ2v) is 6.97. The molecule has 0 bridgehead atoms. The molecule has 1 aliphatic rings. The molecule has 19 heavy (non-hydrogen) atoms. The largest absolute Gasteiger partial charge is 0.350 e. The van der Waals surface area contributed by atoms with Crippen LogP contribution in [0.4, 0.5) is 0 Å². The zero-order valence-corrected chi connectivity index (χ0v) is 13.2. The summed E-state index contributed by atoms with van der Waals surface area (Å²) < 4.78 is 0. The molecular formula is C15H22ClNOS. The number of hydrogen-bond donors (Lipinski definition) is 1. The van der Waals surface area contributed by atoms with Crippen molar-refractivity contribution < 1.29 is 4.79 Å². The number of halogens is 1. The molecule has 1 N–H and O–H groups in total. The van der Waals surface area contributed by atoms with Gasteiger partial charge in [0.25, 0.3) is 0 Å². The molecule has 0 saturated carbocycles. The molecule has 2 atom stereocenters. The van der Waals surface area contributed by atoms with Gasteiger partial charge in [0.2, 0.25) is 5.91 Å². The van der Waals surface area contributed by atoms with Gasteiger partial charge in [-0.2, -0.15) is 0 Å². The maximum absolute atomic E-state index is 12.6. The van der Waals surface area contributed by atoms with Crippen LogP contribution in [0.25, 0.3) is 0 Å². The molecule has 1 heterocycles. The van der Waals surface area contributed by atoms with Crippen LogP contribution in [-0.4, -0.2) is 17.3 Å². The topological polar surface area (TPSA) is 29.1 Å². The van der Waals surface area contributed by atoms with Gasteiger partial charge in [-0.3, -0.25) is 4.79 Å². The Kier molecular flexibility index (Phi) is 4.91. The number of carbonyl (C=O) groups is 1. The van der Waals surface area contributed by atoms with Gasteiger partial charge >= 0.3 is 0 Å². The third-order valence-corrected chi connectivity index (χ3v) is 5.41. The van der Waals surface area contributed by atoms with Crippen molar-refractivity contribution in [1.82, 2.24) is 5.32 Å². The number of hydrogen-bond acceptors (Lipinski definition) is 2. The average Bonchev–Trinajstić information content (AvgIpc) is 2.86. The Labute approximate surface area is 124 Å². The van der Waals surface area contributed by atoms with E-state index in [9.17, 15) is 4.79 Å². The second kappa shape index (κ2) is 6.27. The lowest BCUT2D eigenvalue weighted by atomic mass is 9.85. The fourth-order valence-electron chi connectivity index (χ4n) is 2.68. The maximum atomic E-state index is 12.6. The average molecular weight is 300 g/mol. The van der Waals surface area contributed by atoms with Crippen LogP contribution in [0, 0.1) is 0 Å². The Bertz CT molecular complexity index is 445. The molecule has 2 rings (SSSR count). The van der Waals surface area contributed by atoms with Crippen LogP contribution in [0.5, 0.6) is 0 Å². The van der Waals surface area contributed by atoms with Crippen molar-refractivity contribution in [1.29, 1.82) is 0 Å². The molecule has 2 unspecified atom stereocenters. The first-order chi connectivity index (χ1) is 9.09. The summed E-state index contributed by atoms with van der Waals surface area (Å²) in [7, 11) is 0. The van der Waals surface area contributed by atoms with Gasteiger partial charge in [0, 0.05) is 16.3 Å². The molecule has 2 nitrogen and oxygen atoms in total. The smallest absolute Gasteiger partial charge is 0.228 e. The molecule has 0 fully saturated rings. The quantitative estimate of drug-likeness (QED) is 0.816. The Morgan fingerprint density at radius 3 is 3.11 bits per heavy atom. The third-order valence-electron chi connectivity index (χ3n) is 4.22. The van der Waals surface area contributed by atoms with E-state index >= 15 is 0 Å². The van der Waals surface area contributed by atoms with E-state index in [0.717, 1.165) is 32.1 Å². The molecule has 0 radical (unpaired) electrons. The zero-order chi connectivity index (χ0) is 13.9. The molecule has 0 saturated heterocycles. The van der Waals surface area contributed by atoms with Crippen molar-refractivity contribution in [2.45, 2.75) is 57.4 Å². The zero-order valence-electron chi connectivity index (χ0n) is 11.7. The Morgan fingerprint density at radius 2 is 2.42 bits per heavy atom. The number of thiophene rings is 1. The number of fused-ring (bicyclic) bond motifs is 1. The van der Waals surface area contributed by atoms with Gasteiger partial charge in [-0.1, -0.05) is 6.92 Å². The highest BCUT2D eigenvalue weighted by Crippen LogP contribution is 2.35. The third kappa shape index (κ3) is 3.32. The van der Waals surface area contributed by atoms with Crippen LogP contribution in [0.3, 0.4) is 0 Å². The summed E-state index contributed by atoms with van der Waals surface area (Å²) >= 11 is 7.63. The first-order valence-corrected chi connectivity index (χ1v) is 8.45. The van der Waals surface area contributed by atoms with Gasteiger partial charge in [-0.05, 0) is 56.0 Å². The van der Waals surface area contributed by atoms with Crippen LogP contribution in [0.2, 0.25) is 0 Å². The number of carbonyl (C=O) groups excluding carboxylic acids is 1. The molecule has 0 spiro atoms. The number of nitrogens with one attached hydrogen (secondary N) is 1. The highest BCUT2D eigenvalue weighted by Gasteiger charge is 2.31. The van der Waals surface area contributed by atoms with Crippen molar-refractivity contribution in [2.24, 2.45) is 0 Å². The fraction of sp³-hybridized carbons (Fsp3) is 0.667. The lowest BCUT2D eigenvalue weighted by Gasteiger charge is -2.32. The van der Waals surface area contributed by atoms with Crippen LogP contribution in [0.15, 0.2) is 11.4 Å². The molecule has 1 aliphatic carbocycles. The molecule has 0 aliphatic heterocycles. The van der Waals surface area contributed by atoms with E-state index < -0.39 is 0 Å². The summed E-state index contributed by atoms with van der Waals surface area (Å²) in [6, 6.07) is 2.12. The number of rotatable bonds is 5. The summed E-state index contributed by atoms with van der Waals surface area (Å²) in [6.45, 7) is 4.19. The van der Waals surface area contributed by atoms with Gasteiger partial charge in [-0.25, -0.2) is 0 Å². The van der Waals surface area contributed by atoms with Crippen molar-refractivity contribution in [3.05, 3.63) is 21.9 Å². The predicted octanol–water partition coefficient (Wildman–Crippen LogP) is 4.08. The minimum absolute atomic E-state index is 0.0381. The highest BCUT2D eigenvalue weighted by atomic mass is 35.5. The lowest BCUT2D eigenvalue weighted by molar-refractivity contribution is -0.124. The van der Waals surface area contributed by atoms with Crippen LogP contribution >= 0.6 is 22.9 Å². The monoisotopic (exact) mass is 299 g/mol. The second-order valence-electron chi connectivity index (χ2n) is 5.59. The molecule has 1 aromatic rings. The first-order valence-electron chi connectivity index (χ1n) is 7.04. The molecule has 106 valence electrons. The summed E-state index contributed by atoms with van der Waals surface area (Å²) in [5, 5.41) is 5.33. The normalized spacial score (nSPS) is 21.5. The van der Waals surface area contributed by atoms with Gasteiger partial charge in [-0.15, -0.1) is 22.9 Å². The minimum Gasteiger partial charge on any atom is -0.350 e. The first kappa shape index (κ1) is 14.9. The summed E-state index contributed by atoms with van der Waals surface area (Å²) in [5.41, 5.74) is 1.07. The minimum atomic E-state index is -0.174. The highest BCUT2D eigenvalue weighted by molar-refractivity contribution is 7.10. The van der Waals surface area contributed by atoms with Gasteiger partial charge in [0.15, 0.2) is 0 Å². The standard InChI is InChI=1S/C15H22ClNOS/c1-3-15(2,8-9-16)17-14(18)12-5-4-6-13-11(12)7-10-19-13/h7,10,12H,3-6,8-9H2,1-2H3,(H,17,18). The predicted molar refractivity (Wildman–Crippen MR) is 82.2 cm³/mol. The van der Waals surface area contributed by atoms with Crippen molar-refractivity contribution in [2.75, 3.05) is 5.88 Å². The summed E-state index contributed by atoms with van der Waals surface area (Å²) in [6.07, 6.45) is 4.94. The maximum Gasteiger partial charge on any atom is 0.228 e. The SMILES string of the molecule is CCC(C)(CCCl)NC(=O)C1CCCc2sccc21. The van der Waals surface area contributed by atoms with Crippen molar-refractivity contribution >= 4 is 28.8 Å². The molecular weight excluding hydrogens is 278 g/mol. The van der Waals surface area contributed by atoms with Gasteiger partial charge in [0.05, 0.1) is 5.92 Å². The number of amides is 1. The summed E-state index contributed by atoms with van der Waals surface area (Å²) in [4.78, 5) is 13.9. The van der Waals surface area contributed by atoms with E-state index in [0.29, 0.717) is 5.88 Å². The van der Waals surface area contributed by atoms with Crippen molar-refractivity contribution in [3.63, 3.8) is 0 Å². The molecule has 0 aromatic carbocycles. The fourth-order valence-corrected chi connectivity index (χ4v) is 4.08. The Morgan fingerprint density at radius 1 is 1.63 bits per heavy atom. The Balaban J connectivity index is 2.09. The molecule has 1 aromatic heterocycles. The molecule has 1 amide bonds. The van der Waals surface area contributed by atoms with Crippen molar-refractivity contribution in [3.8, 4) is 0 Å². The van der Waals surface area contributed by atoms with E-state index in [-0.39, 0.29) is 17.4 Å². The number of alkyl halides is 1. The van der Waals surface area contributed by atoms with E-state index in [1.165, 1.54) is 10.4 Å². The van der Waals surface area contributed by atoms with Gasteiger partial charge < -0.3 is 5.32 Å². The van der Waals surface area contributed by atoms with Crippen LogP contribution in [0.1, 0.15) is 55.9 Å². The van der Waals surface area contributed by atoms with E-state index in [2.05, 4.69) is 30.6 Å². The lowest BCUT2D eigenvalue weighted by Crippen LogP contribution is -2.48. The van der Waals surface area contributed by atoms with E-state index in [1.54, 1.807) is 11.3 Å².